The van der Waals surface area contributed by atoms with Gasteiger partial charge < -0.3 is 19.5 Å². The Morgan fingerprint density at radius 1 is 1.22 bits per heavy atom. The molecule has 2 heterocycles. The maximum absolute atomic E-state index is 13.3. The van der Waals surface area contributed by atoms with Crippen LogP contribution in [-0.4, -0.2) is 39.5 Å². The van der Waals surface area contributed by atoms with E-state index in [0.29, 0.717) is 17.9 Å². The Morgan fingerprint density at radius 3 is 2.41 bits per heavy atom. The van der Waals surface area contributed by atoms with Crippen molar-refractivity contribution in [2.45, 2.75) is 39.2 Å². The number of hydrogen-bond acceptors (Lipinski definition) is 5. The summed E-state index contributed by atoms with van der Waals surface area (Å²) < 4.78 is 20.3. The highest BCUT2D eigenvalue weighted by Gasteiger charge is 2.24. The predicted octanol–water partition coefficient (Wildman–Crippen LogP) is 3.78. The van der Waals surface area contributed by atoms with Crippen molar-refractivity contribution in [1.29, 1.82) is 0 Å². The number of methoxy groups -OCH3 is 1. The Balaban J connectivity index is 2.21. The number of rotatable bonds is 8. The van der Waals surface area contributed by atoms with Crippen molar-refractivity contribution in [1.82, 2.24) is 9.55 Å². The molecule has 0 amide bonds. The highest BCUT2D eigenvalue weighted by molar-refractivity contribution is 5.92. The van der Waals surface area contributed by atoms with E-state index in [1.165, 1.54) is 25.4 Å². The van der Waals surface area contributed by atoms with Gasteiger partial charge in [0.15, 0.2) is 0 Å². The van der Waals surface area contributed by atoms with Crippen LogP contribution in [0.2, 0.25) is 0 Å². The maximum Gasteiger partial charge on any atom is 0.341 e. The van der Waals surface area contributed by atoms with Gasteiger partial charge in [-0.1, -0.05) is 32.9 Å². The van der Waals surface area contributed by atoms with Crippen LogP contribution in [0.1, 0.15) is 54.2 Å². The number of carbonyl (C=O) groups is 1. The number of halogens is 1. The molecule has 32 heavy (non-hydrogen) atoms. The third-order valence-electron chi connectivity index (χ3n) is 5.75. The van der Waals surface area contributed by atoms with E-state index < -0.39 is 17.4 Å². The van der Waals surface area contributed by atoms with E-state index >= 15 is 0 Å². The van der Waals surface area contributed by atoms with Gasteiger partial charge in [0.05, 0.1) is 25.1 Å². The third kappa shape index (κ3) is 4.50. The molecule has 3 aromatic rings. The largest absolute Gasteiger partial charge is 0.481 e. The van der Waals surface area contributed by atoms with Crippen molar-refractivity contribution >= 4 is 17.0 Å². The van der Waals surface area contributed by atoms with Crippen molar-refractivity contribution in [3.8, 4) is 5.88 Å². The smallest absolute Gasteiger partial charge is 0.341 e. The molecule has 3 rings (SSSR count). The van der Waals surface area contributed by atoms with Crippen LogP contribution in [0.15, 0.2) is 41.3 Å². The van der Waals surface area contributed by atoms with E-state index in [-0.39, 0.29) is 40.9 Å². The van der Waals surface area contributed by atoms with Gasteiger partial charge in [-0.25, -0.2) is 9.18 Å². The van der Waals surface area contributed by atoms with E-state index in [0.717, 1.165) is 5.56 Å². The summed E-state index contributed by atoms with van der Waals surface area (Å²) in [6, 6.07) is 7.32. The number of nitrogens with zero attached hydrogens (tertiary/aromatic N) is 2. The molecule has 2 N–H and O–H groups in total. The van der Waals surface area contributed by atoms with Gasteiger partial charge in [-0.2, -0.15) is 4.98 Å². The van der Waals surface area contributed by atoms with Crippen LogP contribution in [0.25, 0.3) is 11.0 Å². The summed E-state index contributed by atoms with van der Waals surface area (Å²) in [6.45, 7) is 5.49. The van der Waals surface area contributed by atoms with Crippen molar-refractivity contribution in [3.05, 3.63) is 69.3 Å². The molecule has 2 aromatic heterocycles. The second-order valence-electron chi connectivity index (χ2n) is 8.26. The van der Waals surface area contributed by atoms with Gasteiger partial charge in [-0.3, -0.25) is 4.79 Å². The highest BCUT2D eigenvalue weighted by atomic mass is 19.1. The number of carboxylic acids is 1. The number of aliphatic hydroxyl groups excluding tert-OH is 1. The van der Waals surface area contributed by atoms with Crippen LogP contribution < -0.4 is 10.2 Å². The van der Waals surface area contributed by atoms with Crippen LogP contribution in [-0.2, 0) is 6.42 Å². The molecule has 0 aliphatic carbocycles. The van der Waals surface area contributed by atoms with Gasteiger partial charge >= 0.3 is 5.97 Å². The van der Waals surface area contributed by atoms with Crippen molar-refractivity contribution < 1.29 is 24.1 Å². The topological polar surface area (TPSA) is 102 Å². The molecule has 0 aliphatic heterocycles. The molecular weight excluding hydrogens is 415 g/mol. The van der Waals surface area contributed by atoms with Gasteiger partial charge in [0.2, 0.25) is 11.3 Å². The molecule has 0 unspecified atom stereocenters. The molecule has 7 nitrogen and oxygen atoms in total. The summed E-state index contributed by atoms with van der Waals surface area (Å²) in [6.07, 6.45) is 1.68. The molecule has 0 fully saturated rings. The first-order valence-electron chi connectivity index (χ1n) is 10.4. The van der Waals surface area contributed by atoms with Gasteiger partial charge in [-0.05, 0) is 42.0 Å². The Kier molecular flexibility index (Phi) is 6.93. The van der Waals surface area contributed by atoms with Crippen molar-refractivity contribution in [2.24, 2.45) is 5.92 Å². The van der Waals surface area contributed by atoms with Crippen LogP contribution >= 0.6 is 0 Å². The molecule has 0 bridgehead atoms. The minimum atomic E-state index is -1.34. The molecule has 0 spiro atoms. The highest BCUT2D eigenvalue weighted by Crippen LogP contribution is 2.29. The van der Waals surface area contributed by atoms with Crippen LogP contribution in [0.3, 0.4) is 0 Å². The summed E-state index contributed by atoms with van der Waals surface area (Å²) >= 11 is 0. The molecule has 1 aromatic carbocycles. The zero-order valence-corrected chi connectivity index (χ0v) is 18.5. The summed E-state index contributed by atoms with van der Waals surface area (Å²) in [5.41, 5.74) is 0.762. The van der Waals surface area contributed by atoms with E-state index in [9.17, 15) is 24.2 Å². The molecule has 0 radical (unpaired) electrons. The summed E-state index contributed by atoms with van der Waals surface area (Å²) in [7, 11) is 1.47. The zero-order chi connectivity index (χ0) is 23.6. The first kappa shape index (κ1) is 23.4. The molecule has 2 atom stereocenters. The number of benzene rings is 1. The monoisotopic (exact) mass is 442 g/mol. The Labute approximate surface area is 185 Å². The number of aromatic carboxylic acids is 1. The predicted molar refractivity (Wildman–Crippen MR) is 119 cm³/mol. The minimum Gasteiger partial charge on any atom is -0.481 e. The number of fused-ring (bicyclic) bond motifs is 1. The minimum absolute atomic E-state index is 0.0329. The van der Waals surface area contributed by atoms with Crippen LogP contribution in [0, 0.1) is 11.7 Å². The van der Waals surface area contributed by atoms with E-state index in [4.69, 9.17) is 4.74 Å². The molecule has 8 heteroatoms. The Morgan fingerprint density at radius 2 is 1.88 bits per heavy atom. The second kappa shape index (κ2) is 9.48. The Bertz CT molecular complexity index is 1190. The van der Waals surface area contributed by atoms with Gasteiger partial charge in [-0.15, -0.1) is 0 Å². The molecule has 0 saturated heterocycles. The van der Waals surface area contributed by atoms with Gasteiger partial charge in [0, 0.05) is 11.8 Å². The number of carboxylic acid groups (broad SMARTS) is 1. The summed E-state index contributed by atoms with van der Waals surface area (Å²) in [5, 5.41) is 19.6. The molecular formula is C24H27FN2O5. The lowest BCUT2D eigenvalue weighted by Gasteiger charge is -2.24. The van der Waals surface area contributed by atoms with Crippen LogP contribution in [0.4, 0.5) is 4.39 Å². The average Bonchev–Trinajstić information content (AvgIpc) is 2.75. The number of ether oxygens (including phenoxy) is 1. The van der Waals surface area contributed by atoms with Gasteiger partial charge in [0.1, 0.15) is 17.0 Å². The quantitative estimate of drug-likeness (QED) is 0.551. The lowest BCUT2D eigenvalue weighted by Crippen LogP contribution is -2.26. The molecule has 170 valence electrons. The molecule has 0 saturated carbocycles. The van der Waals surface area contributed by atoms with E-state index in [1.54, 1.807) is 22.8 Å². The lowest BCUT2D eigenvalue weighted by molar-refractivity contribution is 0.0694. The third-order valence-corrected chi connectivity index (χ3v) is 5.75. The number of aromatic nitrogens is 2. The maximum atomic E-state index is 13.3. The molecule has 0 aliphatic rings. The summed E-state index contributed by atoms with van der Waals surface area (Å²) in [5.74, 6) is -1.43. The van der Waals surface area contributed by atoms with E-state index in [1.807, 2.05) is 20.8 Å². The standard InChI is InChI=1S/C24H27FN2O5/c1-13(2)20(12-28)27-11-19(24(30)31)21(29)18-10-16(23(32-4)26-22(18)27)9-14(3)15-5-7-17(25)8-6-15/h5-8,10-11,13-14,20,28H,9,12H2,1-4H3,(H,30,31)/t14-,20-/m1/s1. The van der Waals surface area contributed by atoms with Crippen LogP contribution in [0.5, 0.6) is 5.88 Å². The fraction of sp³-hybridized carbons (Fsp3) is 0.375. The lowest BCUT2D eigenvalue weighted by atomic mass is 9.93. The number of aliphatic hydroxyl groups is 1. The van der Waals surface area contributed by atoms with E-state index in [2.05, 4.69) is 4.98 Å². The van der Waals surface area contributed by atoms with Crippen molar-refractivity contribution in [3.63, 3.8) is 0 Å². The zero-order valence-electron chi connectivity index (χ0n) is 18.5. The Hall–Kier alpha value is -3.26. The van der Waals surface area contributed by atoms with Crippen molar-refractivity contribution in [2.75, 3.05) is 13.7 Å². The SMILES string of the molecule is COc1nc2c(cc1C[C@@H](C)c1ccc(F)cc1)c(=O)c(C(=O)O)cn2[C@H](CO)C(C)C. The number of pyridine rings is 2. The first-order chi connectivity index (χ1) is 15.2. The van der Waals surface area contributed by atoms with Gasteiger partial charge in [0.25, 0.3) is 0 Å². The first-order valence-corrected chi connectivity index (χ1v) is 10.4. The average molecular weight is 442 g/mol. The second-order valence-corrected chi connectivity index (χ2v) is 8.26. The fourth-order valence-corrected chi connectivity index (χ4v) is 3.88. The summed E-state index contributed by atoms with van der Waals surface area (Å²) in [4.78, 5) is 29.3. The normalized spacial score (nSPS) is 13.3. The fourth-order valence-electron chi connectivity index (χ4n) is 3.88. The number of hydrogen-bond donors (Lipinski definition) is 2.